The number of hydrogen-bond donors (Lipinski definition) is 1. The first-order valence-electron chi connectivity index (χ1n) is 11.1. The summed E-state index contributed by atoms with van der Waals surface area (Å²) in [6.07, 6.45) is 6.97. The van der Waals surface area contributed by atoms with Gasteiger partial charge in [-0.2, -0.15) is 0 Å². The third kappa shape index (κ3) is 3.72. The lowest BCUT2D eigenvalue weighted by Crippen LogP contribution is -2.52. The second-order valence-corrected chi connectivity index (χ2v) is 11.0. The van der Waals surface area contributed by atoms with Crippen LogP contribution >= 0.6 is 0 Å². The van der Waals surface area contributed by atoms with Gasteiger partial charge in [-0.1, -0.05) is 0 Å². The molecule has 1 N–H and O–H groups in total. The topological polar surface area (TPSA) is 68.3 Å². The number of hydrogen-bond acceptors (Lipinski definition) is 4. The van der Waals surface area contributed by atoms with Crippen LogP contribution in [0.2, 0.25) is 0 Å². The van der Waals surface area contributed by atoms with Gasteiger partial charge in [0, 0.05) is 17.3 Å². The summed E-state index contributed by atoms with van der Waals surface area (Å²) in [4.78, 5) is 4.37. The van der Waals surface area contributed by atoms with E-state index in [-0.39, 0.29) is 16.5 Å². The number of ether oxygens (including phenoxy) is 1. The molecule has 2 fully saturated rings. The van der Waals surface area contributed by atoms with Gasteiger partial charge in [0.15, 0.2) is 0 Å². The molecule has 168 valence electrons. The van der Waals surface area contributed by atoms with Crippen molar-refractivity contribution in [3.63, 3.8) is 0 Å². The van der Waals surface area contributed by atoms with Crippen molar-refractivity contribution in [1.82, 2.24) is 4.98 Å². The predicted molar refractivity (Wildman–Crippen MR) is 124 cm³/mol. The zero-order valence-corrected chi connectivity index (χ0v) is 18.9. The Labute approximate surface area is 188 Å². The molecular weight excluding hydrogens is 427 g/mol. The highest BCUT2D eigenvalue weighted by atomic mass is 32.2. The highest BCUT2D eigenvalue weighted by Gasteiger charge is 2.54. The molecule has 2 saturated carbocycles. The highest BCUT2D eigenvalue weighted by molar-refractivity contribution is 7.93. The number of benzene rings is 2. The Morgan fingerprint density at radius 2 is 1.75 bits per heavy atom. The van der Waals surface area contributed by atoms with E-state index in [1.54, 1.807) is 49.7 Å². The molecule has 0 radical (unpaired) electrons. The number of pyridine rings is 1. The summed E-state index contributed by atoms with van der Waals surface area (Å²) in [6, 6.07) is 13.7. The average molecular weight is 455 g/mol. The Balaban J connectivity index is 1.31. The monoisotopic (exact) mass is 454 g/mol. The van der Waals surface area contributed by atoms with Crippen molar-refractivity contribution in [2.75, 3.05) is 11.8 Å². The summed E-state index contributed by atoms with van der Waals surface area (Å²) in [7, 11) is -1.89. The Morgan fingerprint density at radius 3 is 2.41 bits per heavy atom. The molecular formula is C25H27FN2O3S. The van der Waals surface area contributed by atoms with Gasteiger partial charge in [0.1, 0.15) is 11.6 Å². The third-order valence-corrected chi connectivity index (χ3v) is 9.48. The molecule has 1 unspecified atom stereocenters. The molecule has 32 heavy (non-hydrogen) atoms. The van der Waals surface area contributed by atoms with Crippen LogP contribution in [0.5, 0.6) is 5.75 Å². The number of fused-ring (bicyclic) bond motifs is 1. The lowest BCUT2D eigenvalue weighted by atomic mass is 9.58. The first-order chi connectivity index (χ1) is 15.4. The lowest BCUT2D eigenvalue weighted by molar-refractivity contribution is 0.0752. The molecule has 2 aliphatic rings. The fourth-order valence-corrected chi connectivity index (χ4v) is 7.67. The van der Waals surface area contributed by atoms with Gasteiger partial charge in [0.25, 0.3) is 0 Å². The molecule has 2 aromatic carbocycles. The number of nitrogens with one attached hydrogen (secondary N) is 1. The van der Waals surface area contributed by atoms with Gasteiger partial charge in [0.05, 0.1) is 17.9 Å². The Kier molecular flexibility index (Phi) is 5.32. The van der Waals surface area contributed by atoms with Crippen LogP contribution < -0.4 is 9.46 Å². The van der Waals surface area contributed by atoms with Crippen LogP contribution in [0.4, 0.5) is 10.1 Å². The molecule has 0 bridgehead atoms. The fraction of sp³-hybridized carbons (Fsp3) is 0.400. The van der Waals surface area contributed by atoms with Crippen LogP contribution in [-0.2, 0) is 10.0 Å². The van der Waals surface area contributed by atoms with E-state index < -0.39 is 10.0 Å². The molecule has 0 saturated heterocycles. The maximum atomic E-state index is 13.9. The van der Waals surface area contributed by atoms with Crippen molar-refractivity contribution in [3.05, 3.63) is 66.1 Å². The van der Waals surface area contributed by atoms with Gasteiger partial charge in [-0.05, 0) is 104 Å². The summed E-state index contributed by atoms with van der Waals surface area (Å²) in [5.41, 5.74) is 2.33. The maximum absolute atomic E-state index is 13.9. The van der Waals surface area contributed by atoms with Crippen molar-refractivity contribution >= 4 is 26.6 Å². The minimum absolute atomic E-state index is 0.164. The molecule has 1 atom stereocenters. The Bertz CT molecular complexity index is 1240. The van der Waals surface area contributed by atoms with E-state index in [0.29, 0.717) is 23.8 Å². The Hall–Kier alpha value is -2.67. The maximum Gasteiger partial charge on any atom is 0.236 e. The van der Waals surface area contributed by atoms with E-state index in [0.717, 1.165) is 48.6 Å². The number of nitrogens with zero attached hydrogens (tertiary/aromatic N) is 1. The second kappa shape index (κ2) is 8.03. The van der Waals surface area contributed by atoms with Crippen LogP contribution in [0.1, 0.15) is 50.0 Å². The summed E-state index contributed by atoms with van der Waals surface area (Å²) in [5.74, 6) is 0.732. The number of aromatic nitrogens is 1. The van der Waals surface area contributed by atoms with Crippen molar-refractivity contribution in [1.29, 1.82) is 0 Å². The van der Waals surface area contributed by atoms with Gasteiger partial charge < -0.3 is 4.74 Å². The third-order valence-electron chi connectivity index (χ3n) is 7.47. The SMILES string of the molecule is COc1ccc(NS(=O)(=O)C2CCC23CCC(c2ccnc4ccc(F)cc24)CC3)cc1. The van der Waals surface area contributed by atoms with E-state index >= 15 is 0 Å². The van der Waals surface area contributed by atoms with Gasteiger partial charge in [-0.25, -0.2) is 12.8 Å². The molecule has 0 aliphatic heterocycles. The minimum atomic E-state index is -3.48. The molecule has 5 nitrogen and oxygen atoms in total. The molecule has 5 rings (SSSR count). The molecule has 1 spiro atoms. The average Bonchev–Trinajstić information content (AvgIpc) is 2.78. The van der Waals surface area contributed by atoms with E-state index in [1.807, 2.05) is 6.07 Å². The van der Waals surface area contributed by atoms with Crippen LogP contribution in [0.25, 0.3) is 10.9 Å². The van der Waals surface area contributed by atoms with Crippen LogP contribution in [0.3, 0.4) is 0 Å². The molecule has 1 aromatic heterocycles. The standard InChI is InChI=1S/C25H27FN2O3S/c1-31-20-5-3-19(4-6-20)28-32(29,30)24-10-14-25(24)12-8-17(9-13-25)21-11-15-27-23-7-2-18(26)16-22(21)23/h2-7,11,15-17,24,28H,8-10,12-14H2,1H3. The van der Waals surface area contributed by atoms with E-state index in [4.69, 9.17) is 4.74 Å². The Morgan fingerprint density at radius 1 is 1.03 bits per heavy atom. The minimum Gasteiger partial charge on any atom is -0.497 e. The number of anilines is 1. The number of methoxy groups -OCH3 is 1. The quantitative estimate of drug-likeness (QED) is 0.542. The van der Waals surface area contributed by atoms with Gasteiger partial charge >= 0.3 is 0 Å². The molecule has 3 aromatic rings. The summed E-state index contributed by atoms with van der Waals surface area (Å²) < 4.78 is 48.2. The van der Waals surface area contributed by atoms with Crippen LogP contribution in [0.15, 0.2) is 54.7 Å². The van der Waals surface area contributed by atoms with E-state index in [9.17, 15) is 12.8 Å². The number of sulfonamides is 1. The van der Waals surface area contributed by atoms with Crippen molar-refractivity contribution in [3.8, 4) is 5.75 Å². The summed E-state index contributed by atoms with van der Waals surface area (Å²) >= 11 is 0. The molecule has 0 amide bonds. The number of rotatable bonds is 5. The molecule has 7 heteroatoms. The lowest BCUT2D eigenvalue weighted by Gasteiger charge is -2.52. The van der Waals surface area contributed by atoms with Gasteiger partial charge in [-0.3, -0.25) is 9.71 Å². The summed E-state index contributed by atoms with van der Waals surface area (Å²) in [6.45, 7) is 0. The summed E-state index contributed by atoms with van der Waals surface area (Å²) in [5, 5.41) is 0.497. The zero-order chi connectivity index (χ0) is 22.3. The van der Waals surface area contributed by atoms with E-state index in [1.165, 1.54) is 6.07 Å². The van der Waals surface area contributed by atoms with Gasteiger partial charge in [-0.15, -0.1) is 0 Å². The van der Waals surface area contributed by atoms with Crippen LogP contribution in [-0.4, -0.2) is 25.8 Å². The van der Waals surface area contributed by atoms with Crippen LogP contribution in [0, 0.1) is 11.2 Å². The first kappa shape index (κ1) is 21.2. The second-order valence-electron chi connectivity index (χ2n) is 9.10. The fourth-order valence-electron chi connectivity index (χ4n) is 5.62. The van der Waals surface area contributed by atoms with E-state index in [2.05, 4.69) is 9.71 Å². The highest BCUT2D eigenvalue weighted by Crippen LogP contribution is 2.57. The zero-order valence-electron chi connectivity index (χ0n) is 18.1. The molecule has 1 heterocycles. The smallest absolute Gasteiger partial charge is 0.236 e. The van der Waals surface area contributed by atoms with Crippen molar-refractivity contribution in [2.24, 2.45) is 5.41 Å². The molecule has 2 aliphatic carbocycles. The number of halogens is 1. The first-order valence-corrected chi connectivity index (χ1v) is 12.6. The normalized spacial score (nSPS) is 25.4. The van der Waals surface area contributed by atoms with Crippen molar-refractivity contribution in [2.45, 2.75) is 49.7 Å². The largest absolute Gasteiger partial charge is 0.497 e. The van der Waals surface area contributed by atoms with Crippen molar-refractivity contribution < 1.29 is 17.5 Å². The van der Waals surface area contributed by atoms with Gasteiger partial charge in [0.2, 0.25) is 10.0 Å². The predicted octanol–water partition coefficient (Wildman–Crippen LogP) is 5.63.